The zero-order valence-electron chi connectivity index (χ0n) is 13.1. The van der Waals surface area contributed by atoms with Crippen molar-refractivity contribution in [2.75, 3.05) is 0 Å². The van der Waals surface area contributed by atoms with E-state index in [9.17, 15) is 8.60 Å². The third-order valence-electron chi connectivity index (χ3n) is 3.06. The number of aromatic nitrogens is 1. The highest BCUT2D eigenvalue weighted by Gasteiger charge is 2.19. The molecule has 1 heterocycles. The monoisotopic (exact) mass is 318 g/mol. The van der Waals surface area contributed by atoms with Gasteiger partial charge in [0.2, 0.25) is 0 Å². The van der Waals surface area contributed by atoms with Gasteiger partial charge in [0.05, 0.1) is 16.2 Å². The molecule has 2 rings (SSSR count). The van der Waals surface area contributed by atoms with Gasteiger partial charge in [-0.1, -0.05) is 0 Å². The number of halogens is 1. The summed E-state index contributed by atoms with van der Waals surface area (Å²) >= 11 is 0. The van der Waals surface area contributed by atoms with Crippen LogP contribution in [-0.4, -0.2) is 19.7 Å². The zero-order valence-corrected chi connectivity index (χ0v) is 13.9. The van der Waals surface area contributed by atoms with Crippen LogP contribution in [0.4, 0.5) is 4.39 Å². The first-order valence-corrected chi connectivity index (χ1v) is 8.08. The van der Waals surface area contributed by atoms with Crippen molar-refractivity contribution in [3.63, 3.8) is 0 Å². The standard InChI is InChI=1S/C17H19FN2OS/c1-12(20-22(21)17(2,3)4)14-9-10-19-16(11-14)13-5-7-15(18)8-6-13/h5-11H,1-4H3/t22-/m1/s1. The van der Waals surface area contributed by atoms with Crippen LogP contribution in [0.3, 0.4) is 0 Å². The molecule has 3 nitrogen and oxygen atoms in total. The molecule has 0 fully saturated rings. The van der Waals surface area contributed by atoms with Crippen LogP contribution in [0.1, 0.15) is 33.3 Å². The summed E-state index contributed by atoms with van der Waals surface area (Å²) in [6, 6.07) is 9.86. The van der Waals surface area contributed by atoms with Crippen LogP contribution in [0.5, 0.6) is 0 Å². The summed E-state index contributed by atoms with van der Waals surface area (Å²) < 4.78 is 29.0. The number of benzene rings is 1. The zero-order chi connectivity index (χ0) is 16.3. The predicted molar refractivity (Wildman–Crippen MR) is 89.7 cm³/mol. The smallest absolute Gasteiger partial charge is 0.145 e. The number of rotatable bonds is 3. The molecule has 116 valence electrons. The number of pyridine rings is 1. The molecular weight excluding hydrogens is 299 g/mol. The lowest BCUT2D eigenvalue weighted by Gasteiger charge is -2.14. The van der Waals surface area contributed by atoms with E-state index in [-0.39, 0.29) is 5.82 Å². The average Bonchev–Trinajstić information content (AvgIpc) is 2.47. The van der Waals surface area contributed by atoms with Gasteiger partial charge in [-0.3, -0.25) is 4.98 Å². The Morgan fingerprint density at radius 2 is 1.82 bits per heavy atom. The highest BCUT2D eigenvalue weighted by Crippen LogP contribution is 2.19. The lowest BCUT2D eigenvalue weighted by Crippen LogP contribution is -2.20. The van der Waals surface area contributed by atoms with Crippen molar-refractivity contribution in [2.45, 2.75) is 32.4 Å². The molecule has 0 bridgehead atoms. The second kappa shape index (κ2) is 6.48. The summed E-state index contributed by atoms with van der Waals surface area (Å²) in [6.45, 7) is 7.48. The largest absolute Gasteiger partial charge is 0.256 e. The van der Waals surface area contributed by atoms with Crippen molar-refractivity contribution in [3.05, 3.63) is 54.0 Å². The molecule has 0 saturated heterocycles. The molecule has 22 heavy (non-hydrogen) atoms. The van der Waals surface area contributed by atoms with Crippen LogP contribution in [0.2, 0.25) is 0 Å². The van der Waals surface area contributed by atoms with Gasteiger partial charge in [-0.25, -0.2) is 8.60 Å². The van der Waals surface area contributed by atoms with Gasteiger partial charge in [0, 0.05) is 17.3 Å². The number of hydrogen-bond acceptors (Lipinski definition) is 2. The molecule has 1 aromatic heterocycles. The van der Waals surface area contributed by atoms with E-state index in [1.807, 2.05) is 39.8 Å². The quantitative estimate of drug-likeness (QED) is 0.798. The van der Waals surface area contributed by atoms with Gasteiger partial charge >= 0.3 is 0 Å². The molecule has 2 aromatic rings. The van der Waals surface area contributed by atoms with Crippen LogP contribution >= 0.6 is 0 Å². The van der Waals surface area contributed by atoms with E-state index in [1.54, 1.807) is 18.3 Å². The molecule has 5 heteroatoms. The third kappa shape index (κ3) is 4.07. The van der Waals surface area contributed by atoms with Gasteiger partial charge in [-0.15, -0.1) is 0 Å². The van der Waals surface area contributed by atoms with Gasteiger partial charge < -0.3 is 0 Å². The van der Waals surface area contributed by atoms with E-state index in [4.69, 9.17) is 0 Å². The predicted octanol–water partition coefficient (Wildman–Crippen LogP) is 4.16. The van der Waals surface area contributed by atoms with Crippen molar-refractivity contribution in [3.8, 4) is 11.3 Å². The second-order valence-corrected chi connectivity index (χ2v) is 7.88. The Bertz CT molecular complexity index is 718. The molecule has 0 N–H and O–H groups in total. The van der Waals surface area contributed by atoms with Crippen LogP contribution in [0, 0.1) is 5.82 Å². The van der Waals surface area contributed by atoms with Crippen LogP contribution in [-0.2, 0) is 11.0 Å². The van der Waals surface area contributed by atoms with Crippen molar-refractivity contribution >= 4 is 16.7 Å². The fourth-order valence-corrected chi connectivity index (χ4v) is 2.38. The van der Waals surface area contributed by atoms with Gasteiger partial charge in [0.1, 0.15) is 16.8 Å². The summed E-state index contributed by atoms with van der Waals surface area (Å²) in [7, 11) is -1.30. The molecular formula is C17H19FN2OS. The first-order valence-electron chi connectivity index (χ1n) is 6.97. The van der Waals surface area contributed by atoms with Gasteiger partial charge in [-0.2, -0.15) is 4.40 Å². The number of hydrogen-bond donors (Lipinski definition) is 0. The minimum absolute atomic E-state index is 0.279. The Labute approximate surface area is 132 Å². The summed E-state index contributed by atoms with van der Waals surface area (Å²) in [5.41, 5.74) is 3.10. The van der Waals surface area contributed by atoms with Crippen molar-refractivity contribution in [1.82, 2.24) is 4.98 Å². The topological polar surface area (TPSA) is 42.3 Å². The second-order valence-electron chi connectivity index (χ2n) is 5.97. The minimum Gasteiger partial charge on any atom is -0.256 e. The molecule has 0 aliphatic heterocycles. The maximum absolute atomic E-state index is 13.0. The van der Waals surface area contributed by atoms with E-state index in [2.05, 4.69) is 9.38 Å². The first-order chi connectivity index (χ1) is 10.3. The van der Waals surface area contributed by atoms with E-state index in [0.29, 0.717) is 5.71 Å². The molecule has 0 aliphatic carbocycles. The molecule has 0 unspecified atom stereocenters. The Morgan fingerprint density at radius 1 is 1.18 bits per heavy atom. The molecule has 0 saturated carbocycles. The van der Waals surface area contributed by atoms with E-state index in [1.165, 1.54) is 12.1 Å². The highest BCUT2D eigenvalue weighted by atomic mass is 32.2. The highest BCUT2D eigenvalue weighted by molar-refractivity contribution is 7.85. The number of nitrogens with zero attached hydrogens (tertiary/aromatic N) is 2. The summed E-state index contributed by atoms with van der Waals surface area (Å²) in [5, 5.41) is 0. The summed E-state index contributed by atoms with van der Waals surface area (Å²) in [4.78, 5) is 4.30. The summed E-state index contributed by atoms with van der Waals surface area (Å²) in [6.07, 6.45) is 1.67. The fraction of sp³-hybridized carbons (Fsp3) is 0.294. The third-order valence-corrected chi connectivity index (χ3v) is 4.55. The van der Waals surface area contributed by atoms with Crippen LogP contribution in [0.15, 0.2) is 47.0 Å². The van der Waals surface area contributed by atoms with Gasteiger partial charge in [0.15, 0.2) is 0 Å². The van der Waals surface area contributed by atoms with Gasteiger partial charge in [0.25, 0.3) is 0 Å². The van der Waals surface area contributed by atoms with Crippen molar-refractivity contribution < 1.29 is 8.60 Å². The molecule has 0 spiro atoms. The van der Waals surface area contributed by atoms with Crippen LogP contribution < -0.4 is 0 Å². The maximum atomic E-state index is 13.0. The van der Waals surface area contributed by atoms with E-state index < -0.39 is 15.7 Å². The van der Waals surface area contributed by atoms with E-state index in [0.717, 1.165) is 16.8 Å². The Kier molecular flexibility index (Phi) is 4.86. The Balaban J connectivity index is 2.34. The molecule has 0 radical (unpaired) electrons. The molecule has 0 amide bonds. The normalized spacial score (nSPS) is 14.0. The van der Waals surface area contributed by atoms with Crippen molar-refractivity contribution in [2.24, 2.45) is 4.40 Å². The maximum Gasteiger partial charge on any atom is 0.145 e. The molecule has 0 aliphatic rings. The minimum atomic E-state index is -1.30. The molecule has 1 aromatic carbocycles. The van der Waals surface area contributed by atoms with E-state index >= 15 is 0 Å². The molecule has 1 atom stereocenters. The SMILES string of the molecule is CC(=N[S@](=O)C(C)(C)C)c1ccnc(-c2ccc(F)cc2)c1. The summed E-state index contributed by atoms with van der Waals surface area (Å²) in [5.74, 6) is -0.279. The Morgan fingerprint density at radius 3 is 2.41 bits per heavy atom. The Hall–Kier alpha value is -1.88. The average molecular weight is 318 g/mol. The lowest BCUT2D eigenvalue weighted by atomic mass is 10.1. The fourth-order valence-electron chi connectivity index (χ4n) is 1.75. The lowest BCUT2D eigenvalue weighted by molar-refractivity contribution is 0.628. The van der Waals surface area contributed by atoms with Gasteiger partial charge in [-0.05, 0) is 64.1 Å². The van der Waals surface area contributed by atoms with Crippen molar-refractivity contribution in [1.29, 1.82) is 0 Å². The van der Waals surface area contributed by atoms with Crippen LogP contribution in [0.25, 0.3) is 11.3 Å². The first kappa shape index (κ1) is 16.5.